The maximum Gasteiger partial charge on any atom is 0.235 e. The fourth-order valence-electron chi connectivity index (χ4n) is 2.49. The van der Waals surface area contributed by atoms with E-state index in [1.54, 1.807) is 19.1 Å². The summed E-state index contributed by atoms with van der Waals surface area (Å²) in [5.74, 6) is -0.340. The number of benzene rings is 1. The van der Waals surface area contributed by atoms with Gasteiger partial charge >= 0.3 is 0 Å². The lowest BCUT2D eigenvalue weighted by atomic mass is 9.88. The number of nitrogens with zero attached hydrogens (tertiary/aromatic N) is 1. The summed E-state index contributed by atoms with van der Waals surface area (Å²) in [7, 11) is 0. The van der Waals surface area contributed by atoms with Crippen LogP contribution in [0.4, 0.5) is 4.39 Å². The Hall–Kier alpha value is -1.18. The average molecular weight is 254 g/mol. The molecule has 0 heterocycles. The minimum atomic E-state index is -0.747. The Labute approximate surface area is 105 Å². The highest BCUT2D eigenvalue weighted by atomic mass is 35.5. The van der Waals surface area contributed by atoms with Gasteiger partial charge in [-0.15, -0.1) is 0 Å². The van der Waals surface area contributed by atoms with E-state index in [2.05, 4.69) is 4.99 Å². The van der Waals surface area contributed by atoms with E-state index >= 15 is 0 Å². The van der Waals surface area contributed by atoms with Gasteiger partial charge < -0.3 is 0 Å². The lowest BCUT2D eigenvalue weighted by Crippen LogP contribution is -2.20. The molecule has 17 heavy (non-hydrogen) atoms. The lowest BCUT2D eigenvalue weighted by Gasteiger charge is -2.24. The van der Waals surface area contributed by atoms with E-state index in [4.69, 9.17) is 11.6 Å². The third-order valence-electron chi connectivity index (χ3n) is 3.44. The second-order valence-electron chi connectivity index (χ2n) is 4.52. The molecule has 1 aromatic carbocycles. The van der Waals surface area contributed by atoms with Crippen LogP contribution in [0.25, 0.3) is 0 Å². The van der Waals surface area contributed by atoms with Crippen LogP contribution in [0.3, 0.4) is 0 Å². The number of carbonyl (C=O) groups excluding carboxylic acids is 1. The lowest BCUT2D eigenvalue weighted by molar-refractivity contribution is 0.430. The third kappa shape index (κ3) is 2.13. The van der Waals surface area contributed by atoms with Crippen molar-refractivity contribution in [3.8, 4) is 0 Å². The van der Waals surface area contributed by atoms with Gasteiger partial charge in [-0.3, -0.25) is 0 Å². The van der Waals surface area contributed by atoms with E-state index in [0.29, 0.717) is 29.0 Å². The van der Waals surface area contributed by atoms with E-state index in [1.165, 1.54) is 6.07 Å². The standard InChI is InChI=1S/C13H13ClFNO/c1-9-6-12(15)10(7-11(9)14)13(16-8-17)4-2-3-5-13/h6-7H,2-5H2,1H3. The Morgan fingerprint density at radius 3 is 2.65 bits per heavy atom. The monoisotopic (exact) mass is 253 g/mol. The van der Waals surface area contributed by atoms with Crippen molar-refractivity contribution in [3.05, 3.63) is 34.1 Å². The number of hydrogen-bond donors (Lipinski definition) is 0. The van der Waals surface area contributed by atoms with Crippen molar-refractivity contribution in [2.45, 2.75) is 38.1 Å². The molecule has 0 atom stereocenters. The molecule has 4 heteroatoms. The maximum atomic E-state index is 14.0. The van der Waals surface area contributed by atoms with Crippen molar-refractivity contribution >= 4 is 17.7 Å². The molecule has 1 aliphatic rings. The van der Waals surface area contributed by atoms with Crippen molar-refractivity contribution in [3.63, 3.8) is 0 Å². The number of rotatable bonds is 2. The SMILES string of the molecule is Cc1cc(F)c(C2(N=C=O)CCCC2)cc1Cl. The van der Waals surface area contributed by atoms with Gasteiger partial charge in [-0.05, 0) is 37.5 Å². The highest BCUT2D eigenvalue weighted by Gasteiger charge is 2.38. The summed E-state index contributed by atoms with van der Waals surface area (Å²) >= 11 is 6.02. The molecular formula is C13H13ClFNO. The van der Waals surface area contributed by atoms with Gasteiger partial charge in [-0.1, -0.05) is 24.4 Å². The smallest absolute Gasteiger partial charge is 0.211 e. The molecule has 0 saturated heterocycles. The summed E-state index contributed by atoms with van der Waals surface area (Å²) in [6, 6.07) is 3.00. The van der Waals surface area contributed by atoms with Crippen LogP contribution in [0, 0.1) is 12.7 Å². The van der Waals surface area contributed by atoms with Gasteiger partial charge in [0, 0.05) is 10.6 Å². The number of hydrogen-bond acceptors (Lipinski definition) is 2. The number of halogens is 2. The maximum absolute atomic E-state index is 14.0. The molecule has 1 aliphatic carbocycles. The molecule has 0 N–H and O–H groups in total. The molecule has 2 rings (SSSR count). The quantitative estimate of drug-likeness (QED) is 0.581. The Balaban J connectivity index is 2.57. The van der Waals surface area contributed by atoms with Crippen LogP contribution in [-0.4, -0.2) is 6.08 Å². The highest BCUT2D eigenvalue weighted by Crippen LogP contribution is 2.44. The first-order valence-corrected chi connectivity index (χ1v) is 6.02. The van der Waals surface area contributed by atoms with E-state index in [9.17, 15) is 9.18 Å². The van der Waals surface area contributed by atoms with Gasteiger partial charge in [0.25, 0.3) is 0 Å². The predicted molar refractivity (Wildman–Crippen MR) is 64.4 cm³/mol. The Kier molecular flexibility index (Phi) is 3.32. The Morgan fingerprint density at radius 1 is 1.41 bits per heavy atom. The van der Waals surface area contributed by atoms with Gasteiger partial charge in [0.15, 0.2) is 0 Å². The molecule has 1 fully saturated rings. The van der Waals surface area contributed by atoms with Crippen LogP contribution in [0.2, 0.25) is 5.02 Å². The molecule has 1 aromatic rings. The van der Waals surface area contributed by atoms with Gasteiger partial charge in [0.05, 0.1) is 0 Å². The molecule has 0 aliphatic heterocycles. The van der Waals surface area contributed by atoms with Crippen LogP contribution < -0.4 is 0 Å². The van der Waals surface area contributed by atoms with Crippen LogP contribution in [0.5, 0.6) is 0 Å². The summed E-state index contributed by atoms with van der Waals surface area (Å²) in [4.78, 5) is 14.4. The Morgan fingerprint density at radius 2 is 2.06 bits per heavy atom. The fraction of sp³-hybridized carbons (Fsp3) is 0.462. The van der Waals surface area contributed by atoms with Gasteiger partial charge in [-0.25, -0.2) is 9.18 Å². The van der Waals surface area contributed by atoms with Crippen molar-refractivity contribution in [2.24, 2.45) is 4.99 Å². The van der Waals surface area contributed by atoms with Gasteiger partial charge in [-0.2, -0.15) is 4.99 Å². The van der Waals surface area contributed by atoms with E-state index in [0.717, 1.165) is 12.8 Å². The third-order valence-corrected chi connectivity index (χ3v) is 3.85. The van der Waals surface area contributed by atoms with Crippen LogP contribution in [0.1, 0.15) is 36.8 Å². The molecule has 0 radical (unpaired) electrons. The first kappa shape index (κ1) is 12.3. The first-order valence-electron chi connectivity index (χ1n) is 5.64. The minimum Gasteiger partial charge on any atom is -0.211 e. The zero-order chi connectivity index (χ0) is 12.5. The van der Waals surface area contributed by atoms with E-state index < -0.39 is 5.54 Å². The minimum absolute atomic E-state index is 0.340. The molecule has 1 saturated carbocycles. The van der Waals surface area contributed by atoms with E-state index in [-0.39, 0.29) is 5.82 Å². The zero-order valence-electron chi connectivity index (χ0n) is 9.59. The van der Waals surface area contributed by atoms with Crippen LogP contribution >= 0.6 is 11.6 Å². The van der Waals surface area contributed by atoms with Crippen molar-refractivity contribution < 1.29 is 9.18 Å². The van der Waals surface area contributed by atoms with Crippen molar-refractivity contribution in [1.82, 2.24) is 0 Å². The number of isocyanates is 1. The summed E-state index contributed by atoms with van der Waals surface area (Å²) in [6.07, 6.45) is 4.81. The molecule has 0 amide bonds. The van der Waals surface area contributed by atoms with Gasteiger partial charge in [0.1, 0.15) is 11.4 Å². The van der Waals surface area contributed by atoms with Gasteiger partial charge in [0.2, 0.25) is 6.08 Å². The summed E-state index contributed by atoms with van der Waals surface area (Å²) in [5.41, 5.74) is 0.369. The summed E-state index contributed by atoms with van der Waals surface area (Å²) < 4.78 is 14.0. The average Bonchev–Trinajstić information content (AvgIpc) is 2.73. The Bertz CT molecular complexity index is 488. The fourth-order valence-corrected chi connectivity index (χ4v) is 2.66. The molecule has 0 bridgehead atoms. The molecule has 0 aromatic heterocycles. The second kappa shape index (κ2) is 4.59. The van der Waals surface area contributed by atoms with Crippen molar-refractivity contribution in [1.29, 1.82) is 0 Å². The first-order chi connectivity index (χ1) is 8.09. The zero-order valence-corrected chi connectivity index (χ0v) is 10.4. The predicted octanol–water partition coefficient (Wildman–Crippen LogP) is 3.89. The van der Waals surface area contributed by atoms with E-state index in [1.807, 2.05) is 0 Å². The number of aliphatic imine (C=N–C) groups is 1. The van der Waals surface area contributed by atoms with Crippen LogP contribution in [0.15, 0.2) is 17.1 Å². The molecule has 0 spiro atoms. The topological polar surface area (TPSA) is 29.4 Å². The number of aryl methyl sites for hydroxylation is 1. The normalized spacial score (nSPS) is 17.8. The second-order valence-corrected chi connectivity index (χ2v) is 4.93. The summed E-state index contributed by atoms with van der Waals surface area (Å²) in [5, 5.41) is 0.508. The molecule has 2 nitrogen and oxygen atoms in total. The summed E-state index contributed by atoms with van der Waals surface area (Å²) in [6.45, 7) is 1.75. The van der Waals surface area contributed by atoms with Crippen LogP contribution in [-0.2, 0) is 10.3 Å². The van der Waals surface area contributed by atoms with Crippen molar-refractivity contribution in [2.75, 3.05) is 0 Å². The molecule has 0 unspecified atom stereocenters. The largest absolute Gasteiger partial charge is 0.235 e. The highest BCUT2D eigenvalue weighted by molar-refractivity contribution is 6.31. The molecule has 90 valence electrons. The molecular weight excluding hydrogens is 241 g/mol.